The van der Waals surface area contributed by atoms with Crippen LogP contribution in [0.2, 0.25) is 0 Å². The summed E-state index contributed by atoms with van der Waals surface area (Å²) in [5.74, 6) is 0.950. The lowest BCUT2D eigenvalue weighted by atomic mass is 9.69. The van der Waals surface area contributed by atoms with Crippen LogP contribution in [0.25, 0.3) is 0 Å². The zero-order valence-corrected chi connectivity index (χ0v) is 13.9. The molecule has 1 N–H and O–H groups in total. The Morgan fingerprint density at radius 3 is 2.33 bits per heavy atom. The van der Waals surface area contributed by atoms with Gasteiger partial charge in [-0.2, -0.15) is 11.8 Å². The van der Waals surface area contributed by atoms with E-state index in [0.717, 1.165) is 17.2 Å². The molecule has 18 heavy (non-hydrogen) atoms. The summed E-state index contributed by atoms with van der Waals surface area (Å²) in [6, 6.07) is 0.794. The van der Waals surface area contributed by atoms with Gasteiger partial charge in [-0.3, -0.25) is 0 Å². The average Bonchev–Trinajstić information content (AvgIpc) is 2.39. The monoisotopic (exact) mass is 271 g/mol. The first-order valence-electron chi connectivity index (χ1n) is 7.75. The van der Waals surface area contributed by atoms with E-state index in [2.05, 4.69) is 39.3 Å². The SMILES string of the molecule is CCC(C)(C)C1CCC(NCCC(C)SC)CC1. The second-order valence-corrected chi connectivity index (χ2v) is 7.96. The van der Waals surface area contributed by atoms with Gasteiger partial charge in [0.25, 0.3) is 0 Å². The summed E-state index contributed by atoms with van der Waals surface area (Å²) >= 11 is 1.98. The highest BCUT2D eigenvalue weighted by molar-refractivity contribution is 7.99. The summed E-state index contributed by atoms with van der Waals surface area (Å²) in [5.41, 5.74) is 0.554. The van der Waals surface area contributed by atoms with Crippen LogP contribution in [0.3, 0.4) is 0 Å². The van der Waals surface area contributed by atoms with Crippen LogP contribution in [0.5, 0.6) is 0 Å². The van der Waals surface area contributed by atoms with Crippen LogP contribution < -0.4 is 5.32 Å². The van der Waals surface area contributed by atoms with Crippen LogP contribution in [-0.2, 0) is 0 Å². The Morgan fingerprint density at radius 1 is 1.22 bits per heavy atom. The van der Waals surface area contributed by atoms with Crippen molar-refractivity contribution in [2.24, 2.45) is 11.3 Å². The first kappa shape index (κ1) is 16.4. The van der Waals surface area contributed by atoms with Crippen LogP contribution >= 0.6 is 11.8 Å². The summed E-state index contributed by atoms with van der Waals surface area (Å²) in [6.07, 6.45) is 10.5. The van der Waals surface area contributed by atoms with E-state index < -0.39 is 0 Å². The molecule has 0 spiro atoms. The molecule has 1 aliphatic rings. The second-order valence-electron chi connectivity index (χ2n) is 6.68. The number of nitrogens with one attached hydrogen (secondary N) is 1. The fraction of sp³-hybridized carbons (Fsp3) is 1.00. The maximum Gasteiger partial charge on any atom is 0.00672 e. The summed E-state index contributed by atoms with van der Waals surface area (Å²) in [4.78, 5) is 0. The van der Waals surface area contributed by atoms with Gasteiger partial charge in [0.15, 0.2) is 0 Å². The van der Waals surface area contributed by atoms with E-state index in [1.165, 1.54) is 45.1 Å². The molecule has 1 aliphatic carbocycles. The summed E-state index contributed by atoms with van der Waals surface area (Å²) in [7, 11) is 0. The molecule has 1 nitrogen and oxygen atoms in total. The zero-order chi connectivity index (χ0) is 13.6. The standard InChI is InChI=1S/C16H33NS/c1-6-16(3,4)14-7-9-15(10-8-14)17-12-11-13(2)18-5/h13-15,17H,6-12H2,1-5H3. The Kier molecular flexibility index (Phi) is 7.08. The van der Waals surface area contributed by atoms with E-state index in [1.807, 2.05) is 11.8 Å². The molecule has 0 aromatic carbocycles. The van der Waals surface area contributed by atoms with Crippen molar-refractivity contribution in [2.75, 3.05) is 12.8 Å². The maximum absolute atomic E-state index is 3.76. The largest absolute Gasteiger partial charge is 0.314 e. The molecule has 0 saturated heterocycles. The van der Waals surface area contributed by atoms with E-state index in [9.17, 15) is 0 Å². The fourth-order valence-corrected chi connectivity index (χ4v) is 3.33. The minimum Gasteiger partial charge on any atom is -0.314 e. The predicted octanol–water partition coefficient (Wildman–Crippen LogP) is 4.71. The number of hydrogen-bond donors (Lipinski definition) is 1. The van der Waals surface area contributed by atoms with Gasteiger partial charge in [0.2, 0.25) is 0 Å². The van der Waals surface area contributed by atoms with Crippen LogP contribution in [-0.4, -0.2) is 24.1 Å². The van der Waals surface area contributed by atoms with Crippen molar-refractivity contribution >= 4 is 11.8 Å². The number of hydrogen-bond acceptors (Lipinski definition) is 2. The Balaban J connectivity index is 2.19. The minimum atomic E-state index is 0.554. The molecule has 0 bridgehead atoms. The van der Waals surface area contributed by atoms with Crippen LogP contribution in [0.15, 0.2) is 0 Å². The van der Waals surface area contributed by atoms with Gasteiger partial charge < -0.3 is 5.32 Å². The van der Waals surface area contributed by atoms with E-state index in [1.54, 1.807) is 0 Å². The molecule has 0 aromatic rings. The van der Waals surface area contributed by atoms with Gasteiger partial charge in [0.05, 0.1) is 0 Å². The van der Waals surface area contributed by atoms with Gasteiger partial charge in [-0.25, -0.2) is 0 Å². The summed E-state index contributed by atoms with van der Waals surface area (Å²) in [5, 5.41) is 4.56. The first-order valence-corrected chi connectivity index (χ1v) is 9.04. The predicted molar refractivity (Wildman–Crippen MR) is 85.4 cm³/mol. The highest BCUT2D eigenvalue weighted by Crippen LogP contribution is 2.40. The van der Waals surface area contributed by atoms with Crippen molar-refractivity contribution < 1.29 is 0 Å². The van der Waals surface area contributed by atoms with E-state index in [4.69, 9.17) is 0 Å². The van der Waals surface area contributed by atoms with E-state index in [-0.39, 0.29) is 0 Å². The molecule has 1 atom stereocenters. The fourth-order valence-electron chi connectivity index (χ4n) is 2.98. The van der Waals surface area contributed by atoms with Crippen molar-refractivity contribution in [3.05, 3.63) is 0 Å². The third-order valence-corrected chi connectivity index (χ3v) is 6.17. The zero-order valence-electron chi connectivity index (χ0n) is 13.1. The van der Waals surface area contributed by atoms with Crippen LogP contribution in [0, 0.1) is 11.3 Å². The second kappa shape index (κ2) is 7.79. The quantitative estimate of drug-likeness (QED) is 0.719. The van der Waals surface area contributed by atoms with Gasteiger partial charge in [0, 0.05) is 11.3 Å². The highest BCUT2D eigenvalue weighted by atomic mass is 32.2. The molecule has 1 saturated carbocycles. The molecule has 0 aliphatic heterocycles. The first-order chi connectivity index (χ1) is 8.49. The smallest absolute Gasteiger partial charge is 0.00672 e. The van der Waals surface area contributed by atoms with Gasteiger partial charge in [-0.05, 0) is 56.2 Å². The lowest BCUT2D eigenvalue weighted by molar-refractivity contribution is 0.137. The van der Waals surface area contributed by atoms with Crippen molar-refractivity contribution in [3.8, 4) is 0 Å². The van der Waals surface area contributed by atoms with Crippen molar-refractivity contribution in [2.45, 2.75) is 77.5 Å². The lowest BCUT2D eigenvalue weighted by Gasteiger charge is -2.39. The Morgan fingerprint density at radius 2 is 1.83 bits per heavy atom. The van der Waals surface area contributed by atoms with Crippen molar-refractivity contribution in [3.63, 3.8) is 0 Å². The summed E-state index contributed by atoms with van der Waals surface area (Å²) in [6.45, 7) is 10.8. The lowest BCUT2D eigenvalue weighted by Crippen LogP contribution is -2.37. The van der Waals surface area contributed by atoms with E-state index >= 15 is 0 Å². The molecule has 108 valence electrons. The molecule has 2 heteroatoms. The van der Waals surface area contributed by atoms with Crippen LogP contribution in [0.1, 0.15) is 66.2 Å². The van der Waals surface area contributed by atoms with Gasteiger partial charge in [-0.1, -0.05) is 34.1 Å². The minimum absolute atomic E-state index is 0.554. The van der Waals surface area contributed by atoms with Crippen molar-refractivity contribution in [1.29, 1.82) is 0 Å². The summed E-state index contributed by atoms with van der Waals surface area (Å²) < 4.78 is 0. The number of thioether (sulfide) groups is 1. The Hall–Kier alpha value is 0.310. The van der Waals surface area contributed by atoms with Gasteiger partial charge in [-0.15, -0.1) is 0 Å². The maximum atomic E-state index is 3.76. The van der Waals surface area contributed by atoms with Crippen molar-refractivity contribution in [1.82, 2.24) is 5.32 Å². The van der Waals surface area contributed by atoms with E-state index in [0.29, 0.717) is 5.41 Å². The number of rotatable bonds is 7. The molecule has 1 fully saturated rings. The molecule has 0 amide bonds. The molecular weight excluding hydrogens is 238 g/mol. The van der Waals surface area contributed by atoms with Gasteiger partial charge >= 0.3 is 0 Å². The third kappa shape index (κ3) is 5.13. The molecule has 0 heterocycles. The Bertz CT molecular complexity index is 219. The normalized spacial score (nSPS) is 27.2. The van der Waals surface area contributed by atoms with Crippen LogP contribution in [0.4, 0.5) is 0 Å². The molecule has 0 radical (unpaired) electrons. The van der Waals surface area contributed by atoms with Gasteiger partial charge in [0.1, 0.15) is 0 Å². The third-order valence-electron chi connectivity index (χ3n) is 5.13. The topological polar surface area (TPSA) is 12.0 Å². The molecule has 0 aromatic heterocycles. The average molecular weight is 272 g/mol. The highest BCUT2D eigenvalue weighted by Gasteiger charge is 2.31. The molecular formula is C16H33NS. The molecule has 1 unspecified atom stereocenters. The molecule has 1 rings (SSSR count). The Labute approximate surface area is 119 Å².